The van der Waals surface area contributed by atoms with E-state index >= 15 is 0 Å². The highest BCUT2D eigenvalue weighted by Gasteiger charge is 2.26. The summed E-state index contributed by atoms with van der Waals surface area (Å²) in [7, 11) is 3.10. The zero-order valence-electron chi connectivity index (χ0n) is 16.0. The molecule has 3 rings (SSSR count). The van der Waals surface area contributed by atoms with Crippen molar-refractivity contribution in [2.45, 2.75) is 19.8 Å². The molecule has 0 unspecified atom stereocenters. The third-order valence-corrected chi connectivity index (χ3v) is 4.99. The quantitative estimate of drug-likeness (QED) is 0.804. The second-order valence-corrected chi connectivity index (χ2v) is 6.89. The number of pyridine rings is 2. The predicted octanol–water partition coefficient (Wildman–Crippen LogP) is 2.03. The number of aryl methyl sites for hydroxylation is 2. The van der Waals surface area contributed by atoms with Gasteiger partial charge < -0.3 is 18.9 Å². The minimum atomic E-state index is -0.203. The summed E-state index contributed by atoms with van der Waals surface area (Å²) >= 11 is 0. The minimum Gasteiger partial charge on any atom is -0.496 e. The maximum Gasteiger partial charge on any atom is 0.259 e. The molecule has 0 N–H and O–H groups in total. The van der Waals surface area contributed by atoms with Crippen LogP contribution in [0.4, 0.5) is 0 Å². The molecule has 0 saturated carbocycles. The molecule has 3 heterocycles. The van der Waals surface area contributed by atoms with Gasteiger partial charge in [-0.3, -0.25) is 14.6 Å². The van der Waals surface area contributed by atoms with Crippen LogP contribution in [-0.2, 0) is 7.05 Å². The van der Waals surface area contributed by atoms with E-state index in [0.29, 0.717) is 36.9 Å². The van der Waals surface area contributed by atoms with Gasteiger partial charge in [-0.15, -0.1) is 0 Å². The minimum absolute atomic E-state index is 0.105. The van der Waals surface area contributed by atoms with Gasteiger partial charge in [-0.1, -0.05) is 0 Å². The Labute approximate surface area is 158 Å². The molecule has 0 atom stereocenters. The van der Waals surface area contributed by atoms with Crippen molar-refractivity contribution < 1.29 is 14.3 Å². The van der Waals surface area contributed by atoms with Crippen molar-refractivity contribution in [3.63, 3.8) is 0 Å². The Hall–Kier alpha value is -2.83. The maximum absolute atomic E-state index is 12.9. The van der Waals surface area contributed by atoms with Gasteiger partial charge in [0.25, 0.3) is 11.5 Å². The summed E-state index contributed by atoms with van der Waals surface area (Å²) in [5, 5.41) is 0. The lowest BCUT2D eigenvalue weighted by atomic mass is 9.97. The van der Waals surface area contributed by atoms with Gasteiger partial charge in [0.05, 0.1) is 19.3 Å². The monoisotopic (exact) mass is 371 g/mol. The molecule has 7 heteroatoms. The van der Waals surface area contributed by atoms with Crippen molar-refractivity contribution in [3.8, 4) is 11.5 Å². The second kappa shape index (κ2) is 8.24. The van der Waals surface area contributed by atoms with E-state index in [1.807, 2.05) is 17.9 Å². The molecule has 2 aromatic heterocycles. The molecule has 144 valence electrons. The molecule has 1 amide bonds. The summed E-state index contributed by atoms with van der Waals surface area (Å²) in [4.78, 5) is 30.5. The van der Waals surface area contributed by atoms with E-state index in [1.54, 1.807) is 25.6 Å². The zero-order chi connectivity index (χ0) is 19.4. The number of rotatable bonds is 5. The fraction of sp³-hybridized carbons (Fsp3) is 0.450. The zero-order valence-corrected chi connectivity index (χ0v) is 16.0. The normalized spacial score (nSPS) is 14.9. The molecule has 0 radical (unpaired) electrons. The Morgan fingerprint density at radius 3 is 2.70 bits per heavy atom. The number of hydrogen-bond donors (Lipinski definition) is 0. The molecule has 27 heavy (non-hydrogen) atoms. The van der Waals surface area contributed by atoms with Crippen LogP contribution in [0.25, 0.3) is 0 Å². The fourth-order valence-electron chi connectivity index (χ4n) is 3.25. The number of methoxy groups -OCH3 is 1. The van der Waals surface area contributed by atoms with E-state index in [9.17, 15) is 9.59 Å². The number of piperidine rings is 1. The van der Waals surface area contributed by atoms with Gasteiger partial charge in [0.15, 0.2) is 0 Å². The highest BCUT2D eigenvalue weighted by molar-refractivity contribution is 5.96. The van der Waals surface area contributed by atoms with Crippen molar-refractivity contribution in [2.24, 2.45) is 13.0 Å². The van der Waals surface area contributed by atoms with E-state index < -0.39 is 0 Å². The van der Waals surface area contributed by atoms with Crippen LogP contribution in [0.2, 0.25) is 0 Å². The second-order valence-electron chi connectivity index (χ2n) is 6.89. The van der Waals surface area contributed by atoms with Gasteiger partial charge in [0, 0.05) is 50.4 Å². The SMILES string of the molecule is COc1cc(=O)n(C)cc1C(=O)N1CCC(COc2ccncc2C)CC1. The van der Waals surface area contributed by atoms with E-state index in [2.05, 4.69) is 4.98 Å². The first-order valence-electron chi connectivity index (χ1n) is 9.07. The van der Waals surface area contributed by atoms with Crippen LogP contribution in [0.1, 0.15) is 28.8 Å². The van der Waals surface area contributed by atoms with Gasteiger partial charge in [0.1, 0.15) is 11.5 Å². The van der Waals surface area contributed by atoms with Gasteiger partial charge in [-0.05, 0) is 31.7 Å². The Balaban J connectivity index is 1.59. The molecule has 0 spiro atoms. The van der Waals surface area contributed by atoms with Crippen LogP contribution >= 0.6 is 0 Å². The van der Waals surface area contributed by atoms with E-state index in [4.69, 9.17) is 9.47 Å². The van der Waals surface area contributed by atoms with Crippen LogP contribution < -0.4 is 15.0 Å². The number of nitrogens with zero attached hydrogens (tertiary/aromatic N) is 3. The number of likely N-dealkylation sites (tertiary alicyclic amines) is 1. The Bertz CT molecular complexity index is 870. The van der Waals surface area contributed by atoms with Crippen molar-refractivity contribution >= 4 is 5.91 Å². The van der Waals surface area contributed by atoms with Gasteiger partial charge >= 0.3 is 0 Å². The molecule has 0 aliphatic carbocycles. The van der Waals surface area contributed by atoms with E-state index in [1.165, 1.54) is 17.7 Å². The smallest absolute Gasteiger partial charge is 0.259 e. The predicted molar refractivity (Wildman–Crippen MR) is 101 cm³/mol. The summed E-state index contributed by atoms with van der Waals surface area (Å²) in [6.07, 6.45) is 6.82. The summed E-state index contributed by atoms with van der Waals surface area (Å²) in [5.41, 5.74) is 1.24. The average Bonchev–Trinajstić information content (AvgIpc) is 2.69. The molecule has 1 aliphatic rings. The molecule has 2 aromatic rings. The Morgan fingerprint density at radius 1 is 1.30 bits per heavy atom. The fourth-order valence-corrected chi connectivity index (χ4v) is 3.25. The first-order valence-corrected chi connectivity index (χ1v) is 9.07. The maximum atomic E-state index is 12.9. The van der Waals surface area contributed by atoms with Crippen LogP contribution in [0.3, 0.4) is 0 Å². The highest BCUT2D eigenvalue weighted by atomic mass is 16.5. The summed E-state index contributed by atoms with van der Waals surface area (Å²) < 4.78 is 12.5. The van der Waals surface area contributed by atoms with E-state index in [0.717, 1.165) is 24.2 Å². The summed E-state index contributed by atoms with van der Waals surface area (Å²) in [6.45, 7) is 3.93. The lowest BCUT2D eigenvalue weighted by Gasteiger charge is -2.32. The molecular weight excluding hydrogens is 346 g/mol. The van der Waals surface area contributed by atoms with E-state index in [-0.39, 0.29) is 11.5 Å². The molecule has 0 bridgehead atoms. The van der Waals surface area contributed by atoms with Crippen molar-refractivity contribution in [1.82, 2.24) is 14.5 Å². The summed E-state index contributed by atoms with van der Waals surface area (Å²) in [5.74, 6) is 1.48. The van der Waals surface area contributed by atoms with Gasteiger partial charge in [0.2, 0.25) is 0 Å². The number of amides is 1. The van der Waals surface area contributed by atoms with Crippen LogP contribution in [-0.4, -0.2) is 47.2 Å². The average molecular weight is 371 g/mol. The number of carbonyl (C=O) groups is 1. The Kier molecular flexibility index (Phi) is 5.78. The largest absolute Gasteiger partial charge is 0.496 e. The lowest BCUT2D eigenvalue weighted by Crippen LogP contribution is -2.40. The molecular formula is C20H25N3O4. The lowest BCUT2D eigenvalue weighted by molar-refractivity contribution is 0.0656. The third kappa shape index (κ3) is 4.30. The molecule has 1 aliphatic heterocycles. The molecule has 7 nitrogen and oxygen atoms in total. The van der Waals surface area contributed by atoms with Gasteiger partial charge in [-0.25, -0.2) is 0 Å². The van der Waals surface area contributed by atoms with Crippen molar-refractivity contribution in [2.75, 3.05) is 26.8 Å². The van der Waals surface area contributed by atoms with Crippen LogP contribution in [0.5, 0.6) is 11.5 Å². The number of hydrogen-bond acceptors (Lipinski definition) is 5. The standard InChI is InChI=1S/C20H25N3O4/c1-14-11-21-7-4-17(14)27-13-15-5-8-23(9-6-15)20(25)16-12-22(2)19(24)10-18(16)26-3/h4,7,10-12,15H,5-6,8-9,13H2,1-3H3. The molecule has 1 saturated heterocycles. The van der Waals surface area contributed by atoms with Crippen molar-refractivity contribution in [3.05, 3.63) is 52.2 Å². The van der Waals surface area contributed by atoms with Crippen LogP contribution in [0.15, 0.2) is 35.5 Å². The topological polar surface area (TPSA) is 73.7 Å². The number of ether oxygens (including phenoxy) is 2. The van der Waals surface area contributed by atoms with Crippen LogP contribution in [0, 0.1) is 12.8 Å². The molecule has 0 aromatic carbocycles. The first-order chi connectivity index (χ1) is 13.0. The number of carbonyl (C=O) groups excluding carboxylic acids is 1. The van der Waals surface area contributed by atoms with Crippen molar-refractivity contribution in [1.29, 1.82) is 0 Å². The molecule has 1 fully saturated rings. The summed E-state index contributed by atoms with van der Waals surface area (Å²) in [6, 6.07) is 3.23. The first kappa shape index (κ1) is 18.9. The van der Waals surface area contributed by atoms with Gasteiger partial charge in [-0.2, -0.15) is 0 Å². The third-order valence-electron chi connectivity index (χ3n) is 4.99. The Morgan fingerprint density at radius 2 is 2.04 bits per heavy atom. The number of aromatic nitrogens is 2. The highest BCUT2D eigenvalue weighted by Crippen LogP contribution is 2.24.